The van der Waals surface area contributed by atoms with Crippen LogP contribution in [0.4, 0.5) is 11.4 Å². The molecule has 4 rings (SSSR count). The molecule has 2 N–H and O–H groups in total. The second-order valence-corrected chi connectivity index (χ2v) is 8.21. The molecule has 0 saturated heterocycles. The molecule has 1 unspecified atom stereocenters. The van der Waals surface area contributed by atoms with Gasteiger partial charge in [-0.05, 0) is 48.9 Å². The molecule has 34 heavy (non-hydrogen) atoms. The molecular weight excluding hydrogens is 452 g/mol. The lowest BCUT2D eigenvalue weighted by atomic mass is 10.1. The number of anilines is 2. The summed E-state index contributed by atoms with van der Waals surface area (Å²) in [5, 5.41) is 6.18. The molecule has 1 heterocycles. The van der Waals surface area contributed by atoms with Crippen LogP contribution in [0.2, 0.25) is 5.02 Å². The van der Waals surface area contributed by atoms with Gasteiger partial charge in [0.05, 0.1) is 16.7 Å². The lowest BCUT2D eigenvalue weighted by Crippen LogP contribution is -2.34. The van der Waals surface area contributed by atoms with Crippen molar-refractivity contribution in [2.45, 2.75) is 26.3 Å². The van der Waals surface area contributed by atoms with Crippen molar-refractivity contribution in [2.24, 2.45) is 0 Å². The van der Waals surface area contributed by atoms with E-state index in [1.54, 1.807) is 66.7 Å². The molecule has 0 aliphatic heterocycles. The molecule has 7 nitrogen and oxygen atoms in total. The zero-order valence-electron chi connectivity index (χ0n) is 18.7. The number of nitrogens with one attached hydrogen (secondary N) is 2. The van der Waals surface area contributed by atoms with E-state index in [2.05, 4.69) is 15.6 Å². The number of rotatable bonds is 6. The first-order valence-electron chi connectivity index (χ1n) is 10.8. The number of nitrogens with zero attached hydrogens (tertiary/aromatic N) is 2. The minimum atomic E-state index is -0.789. The zero-order chi connectivity index (χ0) is 24.2. The number of fused-ring (bicyclic) bond motifs is 1. The van der Waals surface area contributed by atoms with E-state index in [9.17, 15) is 14.4 Å². The Kier molecular flexibility index (Phi) is 6.75. The van der Waals surface area contributed by atoms with Crippen LogP contribution in [0.5, 0.6) is 0 Å². The van der Waals surface area contributed by atoms with Crippen molar-refractivity contribution in [3.63, 3.8) is 0 Å². The predicted molar refractivity (Wildman–Crippen MR) is 135 cm³/mol. The zero-order valence-corrected chi connectivity index (χ0v) is 19.5. The fourth-order valence-electron chi connectivity index (χ4n) is 3.87. The molecule has 1 atom stereocenters. The summed E-state index contributed by atoms with van der Waals surface area (Å²) in [6.45, 7) is 3.25. The molecule has 0 aliphatic carbocycles. The number of hydrogen-bond acceptors (Lipinski definition) is 4. The molecule has 1 aromatic heterocycles. The van der Waals surface area contributed by atoms with Crippen molar-refractivity contribution in [2.75, 3.05) is 10.6 Å². The average molecular weight is 475 g/mol. The standard InChI is InChI=1S/C26H23ClN4O3/c1-3-22(25(33)29-18-14-12-17(27)13-15-18)31-23-11-7-6-10-21(23)30-24(26(31)34)19-8-4-5-9-20(19)28-16(2)32/h4-15,22H,3H2,1-2H3,(H,28,32)(H,29,33). The molecule has 172 valence electrons. The van der Waals surface area contributed by atoms with Crippen LogP contribution < -0.4 is 16.2 Å². The maximum atomic E-state index is 13.8. The van der Waals surface area contributed by atoms with Gasteiger partial charge in [-0.3, -0.25) is 19.0 Å². The highest BCUT2D eigenvalue weighted by Crippen LogP contribution is 2.27. The first-order chi connectivity index (χ1) is 16.4. The summed E-state index contributed by atoms with van der Waals surface area (Å²) in [6, 6.07) is 20.1. The molecule has 3 aromatic carbocycles. The Morgan fingerprint density at radius 3 is 2.35 bits per heavy atom. The van der Waals surface area contributed by atoms with Gasteiger partial charge in [0, 0.05) is 23.2 Å². The SMILES string of the molecule is CCC(C(=O)Nc1ccc(Cl)cc1)n1c(=O)c(-c2ccccc2NC(C)=O)nc2ccccc21. The highest BCUT2D eigenvalue weighted by molar-refractivity contribution is 6.30. The Hall–Kier alpha value is -3.97. The van der Waals surface area contributed by atoms with E-state index in [4.69, 9.17) is 11.6 Å². The van der Waals surface area contributed by atoms with Gasteiger partial charge in [0.25, 0.3) is 5.56 Å². The summed E-state index contributed by atoms with van der Waals surface area (Å²) < 4.78 is 1.48. The molecule has 8 heteroatoms. The summed E-state index contributed by atoms with van der Waals surface area (Å²) in [5.74, 6) is -0.591. The fraction of sp³-hybridized carbons (Fsp3) is 0.154. The summed E-state index contributed by atoms with van der Waals surface area (Å²) in [4.78, 5) is 43.5. The molecule has 0 bridgehead atoms. The Morgan fingerprint density at radius 2 is 1.65 bits per heavy atom. The van der Waals surface area contributed by atoms with Gasteiger partial charge < -0.3 is 10.6 Å². The van der Waals surface area contributed by atoms with Crippen molar-refractivity contribution in [3.8, 4) is 11.3 Å². The van der Waals surface area contributed by atoms with Crippen LogP contribution in [0.3, 0.4) is 0 Å². The van der Waals surface area contributed by atoms with Gasteiger partial charge in [0.1, 0.15) is 11.7 Å². The Labute approximate surface area is 201 Å². The van der Waals surface area contributed by atoms with Crippen molar-refractivity contribution in [3.05, 3.63) is 88.2 Å². The number of carbonyl (C=O) groups is 2. The van der Waals surface area contributed by atoms with E-state index >= 15 is 0 Å². The van der Waals surface area contributed by atoms with Gasteiger partial charge in [-0.15, -0.1) is 0 Å². The smallest absolute Gasteiger partial charge is 0.278 e. The fourth-order valence-corrected chi connectivity index (χ4v) is 4.00. The second-order valence-electron chi connectivity index (χ2n) is 7.77. The van der Waals surface area contributed by atoms with Gasteiger partial charge in [-0.2, -0.15) is 0 Å². The highest BCUT2D eigenvalue weighted by Gasteiger charge is 2.25. The van der Waals surface area contributed by atoms with E-state index < -0.39 is 11.6 Å². The van der Waals surface area contributed by atoms with Crippen LogP contribution in [0.15, 0.2) is 77.6 Å². The van der Waals surface area contributed by atoms with E-state index in [1.165, 1.54) is 11.5 Å². The molecule has 0 saturated carbocycles. The largest absolute Gasteiger partial charge is 0.326 e. The average Bonchev–Trinajstić information content (AvgIpc) is 2.82. The lowest BCUT2D eigenvalue weighted by molar-refractivity contribution is -0.119. The maximum absolute atomic E-state index is 13.8. The number of benzene rings is 3. The first kappa shape index (κ1) is 23.2. The monoisotopic (exact) mass is 474 g/mol. The third kappa shape index (κ3) is 4.70. The molecule has 2 amide bonds. The number of halogens is 1. The molecule has 0 aliphatic rings. The van der Waals surface area contributed by atoms with Crippen LogP contribution in [0, 0.1) is 0 Å². The summed E-state index contributed by atoms with van der Waals surface area (Å²) in [7, 11) is 0. The number of carbonyl (C=O) groups excluding carboxylic acids is 2. The first-order valence-corrected chi connectivity index (χ1v) is 11.2. The van der Waals surface area contributed by atoms with E-state index in [-0.39, 0.29) is 17.5 Å². The van der Waals surface area contributed by atoms with Crippen molar-refractivity contribution >= 4 is 45.8 Å². The quantitative estimate of drug-likeness (QED) is 0.398. The molecular formula is C26H23ClN4O3. The van der Waals surface area contributed by atoms with Crippen LogP contribution in [0.1, 0.15) is 26.3 Å². The normalized spacial score (nSPS) is 11.7. The van der Waals surface area contributed by atoms with E-state index in [0.29, 0.717) is 39.4 Å². The van der Waals surface area contributed by atoms with Crippen LogP contribution in [-0.4, -0.2) is 21.4 Å². The number of para-hydroxylation sites is 3. The van der Waals surface area contributed by atoms with Crippen LogP contribution in [-0.2, 0) is 9.59 Å². The van der Waals surface area contributed by atoms with Gasteiger partial charge in [0.2, 0.25) is 11.8 Å². The van der Waals surface area contributed by atoms with Gasteiger partial charge in [0.15, 0.2) is 0 Å². The minimum absolute atomic E-state index is 0.154. The number of amides is 2. The van der Waals surface area contributed by atoms with E-state index in [0.717, 1.165) is 0 Å². The molecule has 4 aromatic rings. The van der Waals surface area contributed by atoms with Gasteiger partial charge in [-0.25, -0.2) is 4.98 Å². The maximum Gasteiger partial charge on any atom is 0.278 e. The number of hydrogen-bond donors (Lipinski definition) is 2. The molecule has 0 fully saturated rings. The van der Waals surface area contributed by atoms with Gasteiger partial charge >= 0.3 is 0 Å². The molecule has 0 spiro atoms. The Balaban J connectivity index is 1.88. The molecule has 0 radical (unpaired) electrons. The third-order valence-corrected chi connectivity index (χ3v) is 5.65. The summed E-state index contributed by atoms with van der Waals surface area (Å²) >= 11 is 5.95. The van der Waals surface area contributed by atoms with E-state index in [1.807, 2.05) is 13.0 Å². The Morgan fingerprint density at radius 1 is 0.971 bits per heavy atom. The second kappa shape index (κ2) is 9.89. The summed E-state index contributed by atoms with van der Waals surface area (Å²) in [6.07, 6.45) is 0.375. The number of aromatic nitrogens is 2. The third-order valence-electron chi connectivity index (χ3n) is 5.40. The topological polar surface area (TPSA) is 93.1 Å². The highest BCUT2D eigenvalue weighted by atomic mass is 35.5. The van der Waals surface area contributed by atoms with Crippen molar-refractivity contribution < 1.29 is 9.59 Å². The van der Waals surface area contributed by atoms with Crippen molar-refractivity contribution in [1.29, 1.82) is 0 Å². The van der Waals surface area contributed by atoms with Crippen LogP contribution in [0.25, 0.3) is 22.3 Å². The Bertz CT molecular complexity index is 1430. The van der Waals surface area contributed by atoms with Crippen LogP contribution >= 0.6 is 11.6 Å². The van der Waals surface area contributed by atoms with Gasteiger partial charge in [-0.1, -0.05) is 48.9 Å². The predicted octanol–water partition coefficient (Wildman–Crippen LogP) is 5.27. The van der Waals surface area contributed by atoms with Crippen molar-refractivity contribution in [1.82, 2.24) is 9.55 Å². The summed E-state index contributed by atoms with van der Waals surface area (Å²) in [5.41, 5.74) is 2.37. The lowest BCUT2D eigenvalue weighted by Gasteiger charge is -2.21. The minimum Gasteiger partial charge on any atom is -0.326 e.